The lowest BCUT2D eigenvalue weighted by Crippen LogP contribution is -2.07. The zero-order chi connectivity index (χ0) is 12.3. The molecule has 1 N–H and O–H groups in total. The number of aliphatic carboxylic acids is 1. The van der Waals surface area contributed by atoms with Crippen LogP contribution in [0.1, 0.15) is 16.6 Å². The first-order valence-corrected chi connectivity index (χ1v) is 6.05. The monoisotopic (exact) mass is 248 g/mol. The number of benzene rings is 1. The van der Waals surface area contributed by atoms with Crippen molar-refractivity contribution in [3.63, 3.8) is 0 Å². The zero-order valence-electron chi connectivity index (χ0n) is 9.29. The summed E-state index contributed by atoms with van der Waals surface area (Å²) in [6.07, 6.45) is 1.57. The molecule has 0 saturated carbocycles. The Hall–Kier alpha value is -1.68. The van der Waals surface area contributed by atoms with Gasteiger partial charge in [0, 0.05) is 4.90 Å². The van der Waals surface area contributed by atoms with Crippen LogP contribution in [0.4, 0.5) is 0 Å². The minimum Gasteiger partial charge on any atom is -0.480 e. The SMILES string of the molecule is Cc1occc1SC(C(=O)O)c1ccccc1. The molecule has 1 atom stereocenters. The third kappa shape index (κ3) is 2.71. The van der Waals surface area contributed by atoms with Crippen LogP contribution in [0.25, 0.3) is 0 Å². The fraction of sp³-hybridized carbons (Fsp3) is 0.154. The fourth-order valence-corrected chi connectivity index (χ4v) is 2.51. The highest BCUT2D eigenvalue weighted by atomic mass is 32.2. The average Bonchev–Trinajstić information content (AvgIpc) is 2.72. The van der Waals surface area contributed by atoms with Crippen LogP contribution in [0.15, 0.2) is 52.0 Å². The second-order valence-corrected chi connectivity index (χ2v) is 4.73. The predicted octanol–water partition coefficient (Wildman–Crippen LogP) is 3.51. The van der Waals surface area contributed by atoms with E-state index in [2.05, 4.69) is 0 Å². The van der Waals surface area contributed by atoms with E-state index in [0.29, 0.717) is 0 Å². The van der Waals surface area contributed by atoms with Gasteiger partial charge in [-0.05, 0) is 18.6 Å². The van der Waals surface area contributed by atoms with Gasteiger partial charge in [0.25, 0.3) is 0 Å². The summed E-state index contributed by atoms with van der Waals surface area (Å²) in [4.78, 5) is 12.1. The van der Waals surface area contributed by atoms with Gasteiger partial charge in [0.2, 0.25) is 0 Å². The van der Waals surface area contributed by atoms with Gasteiger partial charge in [-0.3, -0.25) is 4.79 Å². The van der Waals surface area contributed by atoms with E-state index < -0.39 is 11.2 Å². The first kappa shape index (κ1) is 11.8. The molecule has 3 nitrogen and oxygen atoms in total. The smallest absolute Gasteiger partial charge is 0.321 e. The highest BCUT2D eigenvalue weighted by Crippen LogP contribution is 2.37. The molecule has 0 radical (unpaired) electrons. The number of carboxylic acids is 1. The molecule has 0 fully saturated rings. The topological polar surface area (TPSA) is 50.4 Å². The summed E-state index contributed by atoms with van der Waals surface area (Å²) in [5.74, 6) is -0.0982. The molecule has 1 unspecified atom stereocenters. The zero-order valence-corrected chi connectivity index (χ0v) is 10.1. The van der Waals surface area contributed by atoms with Gasteiger partial charge in [-0.15, -0.1) is 11.8 Å². The number of aryl methyl sites for hydroxylation is 1. The van der Waals surface area contributed by atoms with Crippen molar-refractivity contribution in [2.45, 2.75) is 17.1 Å². The number of furan rings is 1. The molecule has 2 aromatic rings. The van der Waals surface area contributed by atoms with Gasteiger partial charge >= 0.3 is 5.97 Å². The Bertz CT molecular complexity index is 504. The molecule has 0 saturated heterocycles. The molecular formula is C13H12O3S. The summed E-state index contributed by atoms with van der Waals surface area (Å²) in [6, 6.07) is 11.0. The van der Waals surface area contributed by atoms with Crippen molar-refractivity contribution in [1.29, 1.82) is 0 Å². The van der Waals surface area contributed by atoms with Gasteiger partial charge in [0.05, 0.1) is 6.26 Å². The lowest BCUT2D eigenvalue weighted by molar-refractivity contribution is -0.136. The molecule has 1 aromatic carbocycles. The van der Waals surface area contributed by atoms with Crippen LogP contribution in [0.3, 0.4) is 0 Å². The molecule has 0 aliphatic heterocycles. The highest BCUT2D eigenvalue weighted by molar-refractivity contribution is 8.00. The normalized spacial score (nSPS) is 12.3. The largest absolute Gasteiger partial charge is 0.480 e. The molecular weight excluding hydrogens is 236 g/mol. The number of rotatable bonds is 4. The van der Waals surface area contributed by atoms with E-state index in [9.17, 15) is 9.90 Å². The Morgan fingerprint density at radius 2 is 2.00 bits per heavy atom. The quantitative estimate of drug-likeness (QED) is 0.841. The lowest BCUT2D eigenvalue weighted by atomic mass is 10.1. The van der Waals surface area contributed by atoms with Gasteiger partial charge in [-0.25, -0.2) is 0 Å². The van der Waals surface area contributed by atoms with Gasteiger partial charge in [0.15, 0.2) is 0 Å². The maximum absolute atomic E-state index is 11.3. The number of hydrogen-bond acceptors (Lipinski definition) is 3. The third-order valence-electron chi connectivity index (χ3n) is 2.38. The van der Waals surface area contributed by atoms with Gasteiger partial charge in [-0.1, -0.05) is 30.3 Å². The number of thioether (sulfide) groups is 1. The molecule has 88 valence electrons. The molecule has 0 amide bonds. The summed E-state index contributed by atoms with van der Waals surface area (Å²) in [6.45, 7) is 1.83. The Morgan fingerprint density at radius 3 is 2.53 bits per heavy atom. The van der Waals surface area contributed by atoms with E-state index in [1.807, 2.05) is 37.3 Å². The fourth-order valence-electron chi connectivity index (χ4n) is 1.51. The van der Waals surface area contributed by atoms with Crippen molar-refractivity contribution in [3.05, 3.63) is 54.0 Å². The van der Waals surface area contributed by atoms with Crippen LogP contribution in [0, 0.1) is 6.92 Å². The molecule has 1 heterocycles. The Kier molecular flexibility index (Phi) is 3.54. The minimum absolute atomic E-state index is 0.604. The van der Waals surface area contributed by atoms with E-state index in [0.717, 1.165) is 16.2 Å². The second kappa shape index (κ2) is 5.10. The van der Waals surface area contributed by atoms with Crippen LogP contribution in [0.5, 0.6) is 0 Å². The van der Waals surface area contributed by atoms with Crippen molar-refractivity contribution in [2.24, 2.45) is 0 Å². The van der Waals surface area contributed by atoms with Crippen molar-refractivity contribution < 1.29 is 14.3 Å². The van der Waals surface area contributed by atoms with E-state index in [1.165, 1.54) is 11.8 Å². The van der Waals surface area contributed by atoms with E-state index in [4.69, 9.17) is 4.42 Å². The molecule has 17 heavy (non-hydrogen) atoms. The van der Waals surface area contributed by atoms with Crippen molar-refractivity contribution >= 4 is 17.7 Å². The predicted molar refractivity (Wildman–Crippen MR) is 66.1 cm³/mol. The van der Waals surface area contributed by atoms with E-state index >= 15 is 0 Å². The Balaban J connectivity index is 2.26. The Labute approximate surface area is 103 Å². The maximum atomic E-state index is 11.3. The van der Waals surface area contributed by atoms with E-state index in [-0.39, 0.29) is 0 Å². The number of hydrogen-bond donors (Lipinski definition) is 1. The lowest BCUT2D eigenvalue weighted by Gasteiger charge is -2.11. The highest BCUT2D eigenvalue weighted by Gasteiger charge is 2.22. The van der Waals surface area contributed by atoms with Gasteiger partial charge in [0.1, 0.15) is 11.0 Å². The van der Waals surface area contributed by atoms with Crippen LogP contribution in [0.2, 0.25) is 0 Å². The van der Waals surface area contributed by atoms with Gasteiger partial charge < -0.3 is 9.52 Å². The van der Waals surface area contributed by atoms with Crippen LogP contribution in [-0.2, 0) is 4.79 Å². The number of carboxylic acid groups (broad SMARTS) is 1. The van der Waals surface area contributed by atoms with E-state index in [1.54, 1.807) is 12.3 Å². The third-order valence-corrected chi connectivity index (χ3v) is 3.77. The standard InChI is InChI=1S/C13H12O3S/c1-9-11(7-8-16-9)17-12(13(14)15)10-5-3-2-4-6-10/h2-8,12H,1H3,(H,14,15). The summed E-state index contributed by atoms with van der Waals surface area (Å²) in [5, 5.41) is 8.66. The molecule has 0 spiro atoms. The second-order valence-electron chi connectivity index (χ2n) is 3.59. The van der Waals surface area contributed by atoms with Gasteiger partial charge in [-0.2, -0.15) is 0 Å². The molecule has 0 bridgehead atoms. The summed E-state index contributed by atoms with van der Waals surface area (Å²) in [5.41, 5.74) is 0.783. The molecule has 1 aromatic heterocycles. The minimum atomic E-state index is -0.846. The molecule has 0 aliphatic carbocycles. The summed E-state index contributed by atoms with van der Waals surface area (Å²) in [7, 11) is 0. The molecule has 4 heteroatoms. The molecule has 0 aliphatic rings. The number of carbonyl (C=O) groups is 1. The maximum Gasteiger partial charge on any atom is 0.321 e. The average molecular weight is 248 g/mol. The Morgan fingerprint density at radius 1 is 1.29 bits per heavy atom. The van der Waals surface area contributed by atoms with Crippen LogP contribution < -0.4 is 0 Å². The van der Waals surface area contributed by atoms with Crippen molar-refractivity contribution in [1.82, 2.24) is 0 Å². The van der Waals surface area contributed by atoms with Crippen molar-refractivity contribution in [2.75, 3.05) is 0 Å². The first-order chi connectivity index (χ1) is 8.18. The van der Waals surface area contributed by atoms with Crippen molar-refractivity contribution in [3.8, 4) is 0 Å². The summed E-state index contributed by atoms with van der Waals surface area (Å²) < 4.78 is 5.17. The van der Waals surface area contributed by atoms with Crippen LogP contribution in [-0.4, -0.2) is 11.1 Å². The summed E-state index contributed by atoms with van der Waals surface area (Å²) >= 11 is 1.29. The van der Waals surface area contributed by atoms with Crippen LogP contribution >= 0.6 is 11.8 Å². The first-order valence-electron chi connectivity index (χ1n) is 5.17. The molecule has 2 rings (SSSR count).